The van der Waals surface area contributed by atoms with Crippen LogP contribution in [0.3, 0.4) is 0 Å². The van der Waals surface area contributed by atoms with Crippen molar-refractivity contribution in [2.24, 2.45) is 11.8 Å². The molecular weight excluding hydrogens is 572 g/mol. The van der Waals surface area contributed by atoms with Gasteiger partial charge in [-0.2, -0.15) is 8.61 Å². The number of ether oxygens (including phenoxy) is 3. The third kappa shape index (κ3) is 7.26. The van der Waals surface area contributed by atoms with Crippen molar-refractivity contribution >= 4 is 32.0 Å². The summed E-state index contributed by atoms with van der Waals surface area (Å²) in [7, 11) is -7.62. The fourth-order valence-electron chi connectivity index (χ4n) is 5.02. The first-order chi connectivity index (χ1) is 19.6. The Balaban J connectivity index is 1.39. The van der Waals surface area contributed by atoms with Crippen LogP contribution in [0.5, 0.6) is 11.5 Å². The Morgan fingerprint density at radius 2 is 1.05 bits per heavy atom. The third-order valence-electron chi connectivity index (χ3n) is 7.17. The van der Waals surface area contributed by atoms with Crippen molar-refractivity contribution in [1.82, 2.24) is 8.61 Å². The highest BCUT2D eigenvalue weighted by Gasteiger charge is 2.35. The molecule has 2 aromatic carbocycles. The van der Waals surface area contributed by atoms with Crippen molar-refractivity contribution in [3.63, 3.8) is 0 Å². The van der Waals surface area contributed by atoms with E-state index in [1.165, 1.54) is 57.1 Å². The monoisotopic (exact) mass is 608 g/mol. The van der Waals surface area contributed by atoms with Crippen LogP contribution >= 0.6 is 0 Å². The van der Waals surface area contributed by atoms with Gasteiger partial charge in [0.1, 0.15) is 11.5 Å². The molecule has 2 aliphatic heterocycles. The summed E-state index contributed by atoms with van der Waals surface area (Å²) in [6.07, 6.45) is 2.31. The van der Waals surface area contributed by atoms with E-state index in [0.717, 1.165) is 0 Å². The van der Waals surface area contributed by atoms with Crippen LogP contribution in [-0.4, -0.2) is 76.8 Å². The van der Waals surface area contributed by atoms with Crippen LogP contribution in [0.15, 0.2) is 58.3 Å². The van der Waals surface area contributed by atoms with E-state index in [9.17, 15) is 26.4 Å². The van der Waals surface area contributed by atoms with Gasteiger partial charge in [0.05, 0.1) is 34.8 Å². The molecule has 2 atom stereocenters. The van der Waals surface area contributed by atoms with Crippen LogP contribution < -0.4 is 4.74 Å². The van der Waals surface area contributed by atoms with Crippen molar-refractivity contribution in [3.05, 3.63) is 48.5 Å². The molecule has 0 amide bonds. The van der Waals surface area contributed by atoms with Crippen LogP contribution in [0.1, 0.15) is 39.5 Å². The number of sulfonamides is 2. The van der Waals surface area contributed by atoms with Crippen molar-refractivity contribution in [3.8, 4) is 11.5 Å². The van der Waals surface area contributed by atoms with Crippen LogP contribution in [0.2, 0.25) is 0 Å². The largest absolute Gasteiger partial charge is 0.466 e. The number of hydrogen-bond acceptors (Lipinski definition) is 9. The summed E-state index contributed by atoms with van der Waals surface area (Å²) in [6, 6.07) is 11.8. The average molecular weight is 609 g/mol. The highest BCUT2D eigenvalue weighted by Crippen LogP contribution is 2.29. The Morgan fingerprint density at radius 1 is 0.683 bits per heavy atom. The fraction of sp³-hybridized carbons (Fsp3) is 0.500. The Labute approximate surface area is 241 Å². The SMILES string of the molecule is CCOC(=O)[C@@H]1CCCN(S(=O)(=O)c2ccc(Oc3ccc(S(=O)(=O)N4CCC[C@H](C(=O)OCC)C4)cc3)cc2)C1. The highest BCUT2D eigenvalue weighted by molar-refractivity contribution is 7.89. The number of esters is 2. The Hall–Kier alpha value is -3.00. The molecule has 4 rings (SSSR count). The van der Waals surface area contributed by atoms with Gasteiger partial charge in [-0.15, -0.1) is 0 Å². The molecule has 2 saturated heterocycles. The first-order valence-electron chi connectivity index (χ1n) is 13.8. The molecule has 2 aromatic rings. The normalized spacial score (nSPS) is 20.7. The molecule has 224 valence electrons. The molecule has 0 aliphatic carbocycles. The van der Waals surface area contributed by atoms with Crippen molar-refractivity contribution < 1.29 is 40.6 Å². The zero-order valence-corrected chi connectivity index (χ0v) is 24.9. The van der Waals surface area contributed by atoms with Crippen LogP contribution in [-0.2, 0) is 39.1 Å². The molecule has 0 saturated carbocycles. The zero-order valence-electron chi connectivity index (χ0n) is 23.2. The molecule has 0 N–H and O–H groups in total. The molecule has 0 spiro atoms. The molecule has 41 heavy (non-hydrogen) atoms. The van der Waals surface area contributed by atoms with Crippen LogP contribution in [0.25, 0.3) is 0 Å². The topological polar surface area (TPSA) is 137 Å². The van der Waals surface area contributed by atoms with Gasteiger partial charge >= 0.3 is 11.9 Å². The highest BCUT2D eigenvalue weighted by atomic mass is 32.2. The molecule has 2 aliphatic rings. The summed E-state index contributed by atoms with van der Waals surface area (Å²) < 4.78 is 71.3. The Kier molecular flexibility index (Phi) is 10.1. The molecule has 13 heteroatoms. The van der Waals surface area contributed by atoms with Gasteiger partial charge < -0.3 is 14.2 Å². The molecule has 0 aromatic heterocycles. The van der Waals surface area contributed by atoms with E-state index in [1.54, 1.807) is 13.8 Å². The summed E-state index contributed by atoms with van der Waals surface area (Å²) in [5.41, 5.74) is 0. The molecule has 0 unspecified atom stereocenters. The molecule has 11 nitrogen and oxygen atoms in total. The minimum absolute atomic E-state index is 0.0790. The second-order valence-electron chi connectivity index (χ2n) is 9.95. The number of rotatable bonds is 10. The van der Waals surface area contributed by atoms with E-state index in [-0.39, 0.29) is 48.0 Å². The summed E-state index contributed by atoms with van der Waals surface area (Å²) in [6.45, 7) is 4.74. The van der Waals surface area contributed by atoms with Gasteiger partial charge in [-0.3, -0.25) is 9.59 Å². The minimum atomic E-state index is -3.81. The van der Waals surface area contributed by atoms with E-state index in [0.29, 0.717) is 50.3 Å². The number of carbonyl (C=O) groups excluding carboxylic acids is 2. The second kappa shape index (κ2) is 13.3. The standard InChI is InChI=1S/C28H36N2O9S2/c1-3-37-27(31)21-7-5-17-29(19-21)40(33,34)25-13-9-23(10-14-25)39-24-11-15-26(16-12-24)41(35,36)30-18-6-8-22(20-30)28(32)38-4-2/h9-16,21-22H,3-8,17-20H2,1-2H3/t21-,22+. The van der Waals surface area contributed by atoms with Gasteiger partial charge in [-0.1, -0.05) is 0 Å². The maximum absolute atomic E-state index is 13.2. The van der Waals surface area contributed by atoms with Gasteiger partial charge in [0.15, 0.2) is 0 Å². The molecule has 0 radical (unpaired) electrons. The summed E-state index contributed by atoms with van der Waals surface area (Å²) >= 11 is 0. The lowest BCUT2D eigenvalue weighted by atomic mass is 10.0. The van der Waals surface area contributed by atoms with Gasteiger partial charge in [-0.25, -0.2) is 16.8 Å². The number of carbonyl (C=O) groups is 2. The first-order valence-corrected chi connectivity index (χ1v) is 16.7. The summed E-state index contributed by atoms with van der Waals surface area (Å²) in [5.74, 6) is -0.992. The Bertz CT molecular complexity index is 1320. The van der Waals surface area contributed by atoms with E-state index < -0.39 is 31.9 Å². The number of piperidine rings is 2. The second-order valence-corrected chi connectivity index (χ2v) is 13.8. The predicted molar refractivity (Wildman–Crippen MR) is 149 cm³/mol. The number of hydrogen-bond donors (Lipinski definition) is 0. The lowest BCUT2D eigenvalue weighted by Gasteiger charge is -2.30. The lowest BCUT2D eigenvalue weighted by molar-refractivity contribution is -0.150. The van der Waals surface area contributed by atoms with Gasteiger partial charge in [-0.05, 0) is 88.1 Å². The molecule has 0 bridgehead atoms. The van der Waals surface area contributed by atoms with E-state index in [1.807, 2.05) is 0 Å². The van der Waals surface area contributed by atoms with Crippen molar-refractivity contribution in [1.29, 1.82) is 0 Å². The minimum Gasteiger partial charge on any atom is -0.466 e. The van der Waals surface area contributed by atoms with Crippen LogP contribution in [0, 0.1) is 11.8 Å². The maximum Gasteiger partial charge on any atom is 0.310 e. The molecular formula is C28H36N2O9S2. The molecule has 2 fully saturated rings. The zero-order chi connectivity index (χ0) is 29.6. The van der Waals surface area contributed by atoms with Crippen LogP contribution in [0.4, 0.5) is 0 Å². The summed E-state index contributed by atoms with van der Waals surface area (Å²) in [5, 5.41) is 0. The number of nitrogens with zero attached hydrogens (tertiary/aromatic N) is 2. The van der Waals surface area contributed by atoms with Crippen molar-refractivity contribution in [2.45, 2.75) is 49.3 Å². The van der Waals surface area contributed by atoms with Gasteiger partial charge in [0.2, 0.25) is 20.0 Å². The summed E-state index contributed by atoms with van der Waals surface area (Å²) in [4.78, 5) is 24.4. The average Bonchev–Trinajstić information content (AvgIpc) is 2.98. The van der Waals surface area contributed by atoms with Crippen molar-refractivity contribution in [2.75, 3.05) is 39.4 Å². The number of benzene rings is 2. The predicted octanol–water partition coefficient (Wildman–Crippen LogP) is 3.41. The Morgan fingerprint density at radius 3 is 1.39 bits per heavy atom. The third-order valence-corrected chi connectivity index (χ3v) is 10.9. The van der Waals surface area contributed by atoms with E-state index in [4.69, 9.17) is 14.2 Å². The smallest absolute Gasteiger partial charge is 0.310 e. The van der Waals surface area contributed by atoms with Gasteiger partial charge in [0.25, 0.3) is 0 Å². The first kappa shape index (κ1) is 30.9. The maximum atomic E-state index is 13.2. The van der Waals surface area contributed by atoms with E-state index in [2.05, 4.69) is 0 Å². The van der Waals surface area contributed by atoms with Gasteiger partial charge in [0, 0.05) is 26.2 Å². The lowest BCUT2D eigenvalue weighted by Crippen LogP contribution is -2.42. The fourth-order valence-corrected chi connectivity index (χ4v) is 8.07. The quantitative estimate of drug-likeness (QED) is 0.372. The molecule has 2 heterocycles. The van der Waals surface area contributed by atoms with E-state index >= 15 is 0 Å².